The zero-order chi connectivity index (χ0) is 15.4. The number of rotatable bonds is 1. The highest BCUT2D eigenvalue weighted by molar-refractivity contribution is 5.32. The summed E-state index contributed by atoms with van der Waals surface area (Å²) >= 11 is 0. The minimum Gasteiger partial charge on any atom is -0.385 e. The van der Waals surface area contributed by atoms with E-state index in [4.69, 9.17) is 0 Å². The van der Waals surface area contributed by atoms with Crippen molar-refractivity contribution in [3.8, 4) is 0 Å². The monoisotopic (exact) mass is 303 g/mol. The van der Waals surface area contributed by atoms with Crippen LogP contribution < -0.4 is 0 Å². The van der Waals surface area contributed by atoms with Crippen molar-refractivity contribution in [1.82, 2.24) is 4.90 Å². The molecule has 0 amide bonds. The summed E-state index contributed by atoms with van der Waals surface area (Å²) in [7, 11) is 1.97. The van der Waals surface area contributed by atoms with E-state index >= 15 is 0 Å². The van der Waals surface area contributed by atoms with Gasteiger partial charge in [-0.05, 0) is 56.5 Å². The van der Waals surface area contributed by atoms with Crippen LogP contribution in [0.25, 0.3) is 0 Å². The van der Waals surface area contributed by atoms with Gasteiger partial charge in [0.25, 0.3) is 0 Å². The summed E-state index contributed by atoms with van der Waals surface area (Å²) in [6.07, 6.45) is -2.07. The number of hydrogen-bond donors (Lipinski definition) is 1. The minimum atomic E-state index is -4.61. The molecule has 0 saturated carbocycles. The van der Waals surface area contributed by atoms with Crippen molar-refractivity contribution < 1.29 is 22.7 Å². The molecule has 0 radical (unpaired) electrons. The first kappa shape index (κ1) is 14.8. The lowest BCUT2D eigenvalue weighted by atomic mass is 9.80. The number of piperidine rings is 1. The number of nitrogens with zero attached hydrogens (tertiary/aromatic N) is 1. The zero-order valence-corrected chi connectivity index (χ0v) is 11.6. The molecule has 2 unspecified atom stereocenters. The molecular formula is C15H17F4NO. The Hall–Kier alpha value is -1.14. The highest BCUT2D eigenvalue weighted by Crippen LogP contribution is 2.45. The van der Waals surface area contributed by atoms with Gasteiger partial charge in [-0.2, -0.15) is 13.2 Å². The largest absolute Gasteiger partial charge is 0.416 e. The van der Waals surface area contributed by atoms with Crippen molar-refractivity contribution in [3.05, 3.63) is 35.1 Å². The van der Waals surface area contributed by atoms with Gasteiger partial charge in [-0.3, -0.25) is 0 Å². The van der Waals surface area contributed by atoms with E-state index in [1.54, 1.807) is 0 Å². The van der Waals surface area contributed by atoms with Crippen LogP contribution >= 0.6 is 0 Å². The third-order valence-corrected chi connectivity index (χ3v) is 4.89. The van der Waals surface area contributed by atoms with Crippen LogP contribution in [0, 0.1) is 5.82 Å². The minimum absolute atomic E-state index is 0.0415. The van der Waals surface area contributed by atoms with Crippen molar-refractivity contribution in [3.63, 3.8) is 0 Å². The zero-order valence-electron chi connectivity index (χ0n) is 11.6. The highest BCUT2D eigenvalue weighted by atomic mass is 19.4. The number of hydrogen-bond acceptors (Lipinski definition) is 2. The lowest BCUT2D eigenvalue weighted by Gasteiger charge is -2.42. The average molecular weight is 303 g/mol. The molecule has 0 aliphatic carbocycles. The molecule has 2 fully saturated rings. The maximum Gasteiger partial charge on any atom is 0.416 e. The third kappa shape index (κ3) is 2.55. The third-order valence-electron chi connectivity index (χ3n) is 4.89. The van der Waals surface area contributed by atoms with Crippen molar-refractivity contribution in [2.24, 2.45) is 0 Å². The fourth-order valence-electron chi connectivity index (χ4n) is 3.70. The van der Waals surface area contributed by atoms with Crippen LogP contribution in [-0.4, -0.2) is 29.1 Å². The molecule has 21 heavy (non-hydrogen) atoms. The van der Waals surface area contributed by atoms with Crippen LogP contribution in [0.5, 0.6) is 0 Å². The van der Waals surface area contributed by atoms with Gasteiger partial charge in [0, 0.05) is 12.1 Å². The summed E-state index contributed by atoms with van der Waals surface area (Å²) in [6, 6.07) is 2.67. The van der Waals surface area contributed by atoms with Gasteiger partial charge in [0.2, 0.25) is 0 Å². The number of aliphatic hydroxyl groups is 1. The molecule has 2 bridgehead atoms. The molecule has 0 spiro atoms. The van der Waals surface area contributed by atoms with Crippen molar-refractivity contribution >= 4 is 0 Å². The summed E-state index contributed by atoms with van der Waals surface area (Å²) in [5.41, 5.74) is -2.38. The van der Waals surface area contributed by atoms with Crippen molar-refractivity contribution in [1.29, 1.82) is 0 Å². The SMILES string of the molecule is CN1C2CCC1CC(O)(c1cc(F)cc(C(F)(F)F)c1)C2. The van der Waals surface area contributed by atoms with Gasteiger partial charge in [-0.15, -0.1) is 0 Å². The average Bonchev–Trinajstić information content (AvgIpc) is 2.61. The lowest BCUT2D eigenvalue weighted by Crippen LogP contribution is -2.47. The number of benzene rings is 1. The van der Waals surface area contributed by atoms with Gasteiger partial charge < -0.3 is 10.0 Å². The Morgan fingerprint density at radius 2 is 1.71 bits per heavy atom. The van der Waals surface area contributed by atoms with Gasteiger partial charge in [-0.1, -0.05) is 0 Å². The maximum absolute atomic E-state index is 13.5. The second kappa shape index (κ2) is 4.68. The lowest BCUT2D eigenvalue weighted by molar-refractivity contribution is -0.138. The molecule has 2 heterocycles. The van der Waals surface area contributed by atoms with E-state index in [1.165, 1.54) is 0 Å². The van der Waals surface area contributed by atoms with Crippen LogP contribution in [-0.2, 0) is 11.8 Å². The Kier molecular flexibility index (Phi) is 3.29. The van der Waals surface area contributed by atoms with E-state index in [9.17, 15) is 22.7 Å². The smallest absolute Gasteiger partial charge is 0.385 e. The molecule has 6 heteroatoms. The summed E-state index contributed by atoms with van der Waals surface area (Å²) in [4.78, 5) is 2.17. The van der Waals surface area contributed by atoms with E-state index in [2.05, 4.69) is 4.90 Å². The topological polar surface area (TPSA) is 23.5 Å². The fourth-order valence-corrected chi connectivity index (χ4v) is 3.70. The number of alkyl halides is 3. The Balaban J connectivity index is 1.99. The Labute approximate surface area is 120 Å². The van der Waals surface area contributed by atoms with Gasteiger partial charge in [0.1, 0.15) is 5.82 Å². The quantitative estimate of drug-likeness (QED) is 0.805. The summed E-state index contributed by atoms with van der Waals surface area (Å²) < 4.78 is 52.0. The van der Waals surface area contributed by atoms with Crippen LogP contribution in [0.2, 0.25) is 0 Å². The first-order chi connectivity index (χ1) is 9.69. The Morgan fingerprint density at radius 1 is 1.14 bits per heavy atom. The summed E-state index contributed by atoms with van der Waals surface area (Å²) in [6.45, 7) is 0. The molecule has 2 aliphatic rings. The second-order valence-electron chi connectivity index (χ2n) is 6.22. The van der Waals surface area contributed by atoms with Crippen LogP contribution in [0.1, 0.15) is 36.8 Å². The summed E-state index contributed by atoms with van der Waals surface area (Å²) in [5.74, 6) is -0.959. The summed E-state index contributed by atoms with van der Waals surface area (Å²) in [5, 5.41) is 10.8. The van der Waals surface area contributed by atoms with E-state index < -0.39 is 23.2 Å². The first-order valence-corrected chi connectivity index (χ1v) is 7.02. The molecule has 2 aliphatic heterocycles. The van der Waals surface area contributed by atoms with Gasteiger partial charge >= 0.3 is 6.18 Å². The first-order valence-electron chi connectivity index (χ1n) is 7.02. The fraction of sp³-hybridized carbons (Fsp3) is 0.600. The number of fused-ring (bicyclic) bond motifs is 2. The molecule has 1 aromatic rings. The molecule has 116 valence electrons. The Bertz CT molecular complexity index is 543. The standard InChI is InChI=1S/C15H17F4NO/c1-20-12-2-3-13(20)8-14(21,7-12)9-4-10(15(17,18)19)6-11(16)5-9/h4-6,12-13,21H,2-3,7-8H2,1H3. The maximum atomic E-state index is 13.5. The van der Waals surface area contributed by atoms with E-state index in [-0.39, 0.29) is 17.6 Å². The van der Waals surface area contributed by atoms with Gasteiger partial charge in [0.15, 0.2) is 0 Å². The van der Waals surface area contributed by atoms with Crippen LogP contribution in [0.4, 0.5) is 17.6 Å². The predicted octanol–water partition coefficient (Wildman–Crippen LogP) is 3.29. The molecule has 1 N–H and O–H groups in total. The molecular weight excluding hydrogens is 286 g/mol. The van der Waals surface area contributed by atoms with Gasteiger partial charge in [0.05, 0.1) is 11.2 Å². The van der Waals surface area contributed by atoms with Gasteiger partial charge in [-0.25, -0.2) is 4.39 Å². The van der Waals surface area contributed by atoms with Crippen LogP contribution in [0.15, 0.2) is 18.2 Å². The normalized spacial score (nSPS) is 33.4. The van der Waals surface area contributed by atoms with Crippen molar-refractivity contribution in [2.45, 2.75) is 49.5 Å². The van der Waals surface area contributed by atoms with E-state index in [1.807, 2.05) is 7.05 Å². The van der Waals surface area contributed by atoms with Crippen LogP contribution in [0.3, 0.4) is 0 Å². The molecule has 1 aromatic carbocycles. The molecule has 0 aromatic heterocycles. The van der Waals surface area contributed by atoms with E-state index in [0.717, 1.165) is 25.0 Å². The van der Waals surface area contributed by atoms with Crippen molar-refractivity contribution in [2.75, 3.05) is 7.05 Å². The molecule has 2 saturated heterocycles. The van der Waals surface area contributed by atoms with E-state index in [0.29, 0.717) is 18.9 Å². The number of halogens is 4. The predicted molar refractivity (Wildman–Crippen MR) is 69.1 cm³/mol. The molecule has 3 rings (SSSR count). The second-order valence-corrected chi connectivity index (χ2v) is 6.22. The molecule has 2 atom stereocenters. The molecule has 2 nitrogen and oxygen atoms in total. The highest BCUT2D eigenvalue weighted by Gasteiger charge is 2.47. The Morgan fingerprint density at radius 3 is 2.24 bits per heavy atom.